The van der Waals surface area contributed by atoms with Crippen LogP contribution in [0.25, 0.3) is 0 Å². The van der Waals surface area contributed by atoms with Gasteiger partial charge in [-0.05, 0) is 24.3 Å². The lowest BCUT2D eigenvalue weighted by Gasteiger charge is -2.06. The second-order valence-corrected chi connectivity index (χ2v) is 4.96. The summed E-state index contributed by atoms with van der Waals surface area (Å²) in [5.74, 6) is -0.647. The number of rotatable bonds is 5. The van der Waals surface area contributed by atoms with Crippen LogP contribution in [0.15, 0.2) is 60.3 Å². The van der Waals surface area contributed by atoms with Gasteiger partial charge < -0.3 is 10.6 Å². The first-order valence-electron chi connectivity index (χ1n) is 6.68. The molecule has 24 heavy (non-hydrogen) atoms. The van der Waals surface area contributed by atoms with Crippen molar-refractivity contribution < 1.29 is 9.72 Å². The minimum atomic E-state index is -0.647. The monoisotopic (exact) mass is 342 g/mol. The van der Waals surface area contributed by atoms with E-state index >= 15 is 0 Å². The smallest absolute Gasteiger partial charge is 0.269 e. The van der Waals surface area contributed by atoms with Crippen LogP contribution in [0.5, 0.6) is 0 Å². The molecule has 2 N–H and O–H groups in total. The lowest BCUT2D eigenvalue weighted by molar-refractivity contribution is -0.384. The van der Waals surface area contributed by atoms with E-state index in [-0.39, 0.29) is 11.3 Å². The molecule has 0 atom stereocenters. The Kier molecular flexibility index (Phi) is 5.49. The SMILES string of the molecule is N#C/C(=C/Nc1ccccc1Cl)C(=O)Nc1ccc([N+](=O)[O-])cc1. The Hall–Kier alpha value is -3.37. The first kappa shape index (κ1) is 17.0. The molecule has 2 aromatic rings. The number of carbonyl (C=O) groups is 1. The number of hydrogen-bond donors (Lipinski definition) is 2. The summed E-state index contributed by atoms with van der Waals surface area (Å²) in [7, 11) is 0. The number of benzene rings is 2. The molecule has 0 aromatic heterocycles. The van der Waals surface area contributed by atoms with Crippen LogP contribution in [0.3, 0.4) is 0 Å². The van der Waals surface area contributed by atoms with Crippen LogP contribution < -0.4 is 10.6 Å². The van der Waals surface area contributed by atoms with Crippen molar-refractivity contribution in [1.82, 2.24) is 0 Å². The quantitative estimate of drug-likeness (QED) is 0.372. The van der Waals surface area contributed by atoms with Crippen LogP contribution in [0, 0.1) is 21.4 Å². The Bertz CT molecular complexity index is 841. The highest BCUT2D eigenvalue weighted by molar-refractivity contribution is 6.33. The number of nitro benzene ring substituents is 1. The number of non-ortho nitro benzene ring substituents is 1. The Morgan fingerprint density at radius 1 is 1.21 bits per heavy atom. The number of amides is 1. The lowest BCUT2D eigenvalue weighted by Crippen LogP contribution is -2.14. The number of nitro groups is 1. The number of para-hydroxylation sites is 1. The van der Waals surface area contributed by atoms with Gasteiger partial charge in [-0.2, -0.15) is 5.26 Å². The first-order chi connectivity index (χ1) is 11.5. The summed E-state index contributed by atoms with van der Waals surface area (Å²) in [5.41, 5.74) is 0.622. The zero-order valence-corrected chi connectivity index (χ0v) is 12.9. The van der Waals surface area contributed by atoms with Gasteiger partial charge in [0.1, 0.15) is 11.6 Å². The molecule has 0 unspecified atom stereocenters. The van der Waals surface area contributed by atoms with E-state index < -0.39 is 10.8 Å². The maximum absolute atomic E-state index is 12.1. The van der Waals surface area contributed by atoms with Crippen molar-refractivity contribution >= 4 is 34.6 Å². The molecule has 7 nitrogen and oxygen atoms in total. The van der Waals surface area contributed by atoms with Crippen LogP contribution in [0.4, 0.5) is 17.1 Å². The topological polar surface area (TPSA) is 108 Å². The van der Waals surface area contributed by atoms with E-state index in [2.05, 4.69) is 10.6 Å². The van der Waals surface area contributed by atoms with E-state index in [0.717, 1.165) is 0 Å². The summed E-state index contributed by atoms with van der Waals surface area (Å²) < 4.78 is 0. The number of halogens is 1. The molecule has 2 rings (SSSR count). The number of hydrogen-bond acceptors (Lipinski definition) is 5. The average Bonchev–Trinajstić information content (AvgIpc) is 2.57. The average molecular weight is 343 g/mol. The van der Waals surface area contributed by atoms with E-state index in [4.69, 9.17) is 16.9 Å². The molecule has 0 aliphatic carbocycles. The number of anilines is 2. The second kappa shape index (κ2) is 7.76. The molecular formula is C16H11ClN4O3. The van der Waals surface area contributed by atoms with Gasteiger partial charge in [0, 0.05) is 24.0 Å². The maximum atomic E-state index is 12.1. The Balaban J connectivity index is 2.08. The van der Waals surface area contributed by atoms with E-state index in [0.29, 0.717) is 16.4 Å². The standard InChI is InChI=1S/C16H11ClN4O3/c17-14-3-1-2-4-15(14)19-10-11(9-18)16(22)20-12-5-7-13(8-6-12)21(23)24/h1-8,10,19H,(H,20,22)/b11-10-. The molecule has 0 aliphatic heterocycles. The van der Waals surface area contributed by atoms with Crippen molar-refractivity contribution in [2.24, 2.45) is 0 Å². The number of nitriles is 1. The van der Waals surface area contributed by atoms with Crippen LogP contribution in [-0.4, -0.2) is 10.8 Å². The van der Waals surface area contributed by atoms with Gasteiger partial charge in [-0.15, -0.1) is 0 Å². The van der Waals surface area contributed by atoms with Gasteiger partial charge in [0.2, 0.25) is 0 Å². The third kappa shape index (κ3) is 4.32. The zero-order valence-electron chi connectivity index (χ0n) is 12.2. The second-order valence-electron chi connectivity index (χ2n) is 4.55. The summed E-state index contributed by atoms with van der Waals surface area (Å²) in [6, 6.07) is 13.9. The fourth-order valence-electron chi connectivity index (χ4n) is 1.74. The highest BCUT2D eigenvalue weighted by atomic mass is 35.5. The van der Waals surface area contributed by atoms with Gasteiger partial charge in [-0.25, -0.2) is 0 Å². The number of nitrogens with zero attached hydrogens (tertiary/aromatic N) is 2. The van der Waals surface area contributed by atoms with Crippen LogP contribution in [-0.2, 0) is 4.79 Å². The lowest BCUT2D eigenvalue weighted by atomic mass is 10.2. The van der Waals surface area contributed by atoms with Crippen LogP contribution in [0.1, 0.15) is 0 Å². The van der Waals surface area contributed by atoms with E-state index in [9.17, 15) is 14.9 Å². The molecule has 1 amide bonds. The maximum Gasteiger partial charge on any atom is 0.269 e. The van der Waals surface area contributed by atoms with Gasteiger partial charge >= 0.3 is 0 Å². The zero-order chi connectivity index (χ0) is 17.5. The molecule has 0 spiro atoms. The van der Waals surface area contributed by atoms with Crippen molar-refractivity contribution in [3.05, 3.63) is 75.4 Å². The molecular weight excluding hydrogens is 332 g/mol. The predicted molar refractivity (Wildman–Crippen MR) is 90.5 cm³/mol. The number of nitrogens with one attached hydrogen (secondary N) is 2. The summed E-state index contributed by atoms with van der Waals surface area (Å²) >= 11 is 5.97. The van der Waals surface area contributed by atoms with E-state index in [1.165, 1.54) is 30.5 Å². The third-order valence-corrected chi connectivity index (χ3v) is 3.28. The third-order valence-electron chi connectivity index (χ3n) is 2.95. The van der Waals surface area contributed by atoms with Gasteiger partial charge in [0.15, 0.2) is 0 Å². The largest absolute Gasteiger partial charge is 0.359 e. The fraction of sp³-hybridized carbons (Fsp3) is 0. The van der Waals surface area contributed by atoms with Gasteiger partial charge in [-0.3, -0.25) is 14.9 Å². The Morgan fingerprint density at radius 2 is 1.88 bits per heavy atom. The van der Waals surface area contributed by atoms with Crippen molar-refractivity contribution in [2.45, 2.75) is 0 Å². The molecule has 8 heteroatoms. The van der Waals surface area contributed by atoms with Crippen molar-refractivity contribution in [2.75, 3.05) is 10.6 Å². The number of carbonyl (C=O) groups excluding carboxylic acids is 1. The van der Waals surface area contributed by atoms with Crippen molar-refractivity contribution in [3.63, 3.8) is 0 Å². The van der Waals surface area contributed by atoms with E-state index in [1.54, 1.807) is 30.3 Å². The molecule has 0 saturated heterocycles. The normalized spacial score (nSPS) is 10.6. The summed E-state index contributed by atoms with van der Waals surface area (Å²) in [6.45, 7) is 0. The highest BCUT2D eigenvalue weighted by Crippen LogP contribution is 2.21. The molecule has 2 aromatic carbocycles. The Morgan fingerprint density at radius 3 is 2.46 bits per heavy atom. The van der Waals surface area contributed by atoms with Crippen molar-refractivity contribution in [3.8, 4) is 6.07 Å². The molecule has 0 bridgehead atoms. The highest BCUT2D eigenvalue weighted by Gasteiger charge is 2.11. The molecule has 0 radical (unpaired) electrons. The Labute approximate surface area is 142 Å². The van der Waals surface area contributed by atoms with Gasteiger partial charge in [0.05, 0.1) is 15.6 Å². The minimum Gasteiger partial charge on any atom is -0.359 e. The minimum absolute atomic E-state index is 0.0931. The summed E-state index contributed by atoms with van der Waals surface area (Å²) in [6.07, 6.45) is 1.24. The van der Waals surface area contributed by atoms with Crippen LogP contribution in [0.2, 0.25) is 5.02 Å². The first-order valence-corrected chi connectivity index (χ1v) is 7.06. The molecule has 120 valence electrons. The van der Waals surface area contributed by atoms with Gasteiger partial charge in [0.25, 0.3) is 11.6 Å². The molecule has 0 aliphatic rings. The predicted octanol–water partition coefficient (Wildman–Crippen LogP) is 3.71. The summed E-state index contributed by atoms with van der Waals surface area (Å²) in [4.78, 5) is 22.1. The molecule has 0 fully saturated rings. The van der Waals surface area contributed by atoms with Crippen LogP contribution >= 0.6 is 11.6 Å². The van der Waals surface area contributed by atoms with E-state index in [1.807, 2.05) is 0 Å². The van der Waals surface area contributed by atoms with Gasteiger partial charge in [-0.1, -0.05) is 23.7 Å². The molecule has 0 heterocycles. The summed E-state index contributed by atoms with van der Waals surface area (Å²) in [5, 5.41) is 25.4. The van der Waals surface area contributed by atoms with Crippen molar-refractivity contribution in [1.29, 1.82) is 5.26 Å². The molecule has 0 saturated carbocycles. The fourth-order valence-corrected chi connectivity index (χ4v) is 1.93.